The van der Waals surface area contributed by atoms with Crippen molar-refractivity contribution in [2.24, 2.45) is 7.05 Å². The molecule has 0 radical (unpaired) electrons. The van der Waals surface area contributed by atoms with Gasteiger partial charge < -0.3 is 4.90 Å². The number of aromatic nitrogens is 3. The average molecular weight is 318 g/mol. The van der Waals surface area contributed by atoms with Gasteiger partial charge in [-0.3, -0.25) is 9.48 Å². The second-order valence-corrected chi connectivity index (χ2v) is 6.88. The highest BCUT2D eigenvalue weighted by atomic mass is 32.1. The van der Waals surface area contributed by atoms with Gasteiger partial charge in [0.25, 0.3) is 5.91 Å². The predicted molar refractivity (Wildman–Crippen MR) is 87.4 cm³/mol. The number of hydrogen-bond donors (Lipinski definition) is 0. The quantitative estimate of drug-likeness (QED) is 0.869. The van der Waals surface area contributed by atoms with Crippen molar-refractivity contribution in [3.63, 3.8) is 0 Å². The normalized spacial score (nSPS) is 14.0. The molecule has 1 aliphatic rings. The highest BCUT2D eigenvalue weighted by Gasteiger charge is 2.25. The molecule has 0 saturated heterocycles. The van der Waals surface area contributed by atoms with E-state index in [9.17, 15) is 4.79 Å². The number of rotatable bonds is 4. The summed E-state index contributed by atoms with van der Waals surface area (Å²) >= 11 is 1.66. The number of likely N-dealkylation sites (N-methyl/N-ethyl adjacent to an activating group) is 1. The largest absolute Gasteiger partial charge is 0.340 e. The minimum atomic E-state index is 0.0836. The van der Waals surface area contributed by atoms with Crippen LogP contribution in [0.2, 0.25) is 0 Å². The monoisotopic (exact) mass is 318 g/mol. The number of thiazole rings is 1. The van der Waals surface area contributed by atoms with Crippen LogP contribution in [0.5, 0.6) is 0 Å². The van der Waals surface area contributed by atoms with Gasteiger partial charge in [-0.1, -0.05) is 0 Å². The van der Waals surface area contributed by atoms with E-state index in [1.165, 1.54) is 16.9 Å². The van der Waals surface area contributed by atoms with Gasteiger partial charge in [-0.05, 0) is 32.6 Å². The molecule has 5 nitrogen and oxygen atoms in total. The summed E-state index contributed by atoms with van der Waals surface area (Å²) < 4.78 is 1.77. The lowest BCUT2D eigenvalue weighted by molar-refractivity contribution is 0.0784. The minimum absolute atomic E-state index is 0.0836. The molecule has 6 heteroatoms. The molecule has 0 atom stereocenters. The van der Waals surface area contributed by atoms with Gasteiger partial charge >= 0.3 is 0 Å². The third-order valence-corrected chi connectivity index (χ3v) is 5.38. The van der Waals surface area contributed by atoms with Gasteiger partial charge in [0, 0.05) is 37.5 Å². The number of hydrogen-bond acceptors (Lipinski definition) is 4. The van der Waals surface area contributed by atoms with Crippen molar-refractivity contribution in [2.45, 2.75) is 39.0 Å². The molecule has 0 aromatic carbocycles. The molecule has 0 bridgehead atoms. The van der Waals surface area contributed by atoms with E-state index in [1.807, 2.05) is 31.4 Å². The molecule has 0 saturated carbocycles. The molecule has 0 unspecified atom stereocenters. The Balaban J connectivity index is 1.73. The van der Waals surface area contributed by atoms with Gasteiger partial charge in [0.1, 0.15) is 5.69 Å². The predicted octanol–water partition coefficient (Wildman–Crippen LogP) is 2.38. The molecule has 1 amide bonds. The SMILES string of the molecule is Cc1ncsc1CCN(C)C(=O)c1c2c(nn1C)CCCC2. The molecule has 2 aromatic rings. The van der Waals surface area contributed by atoms with E-state index >= 15 is 0 Å². The Morgan fingerprint density at radius 1 is 1.41 bits per heavy atom. The summed E-state index contributed by atoms with van der Waals surface area (Å²) in [6.07, 6.45) is 5.17. The Morgan fingerprint density at radius 3 is 2.91 bits per heavy atom. The molecule has 0 N–H and O–H groups in total. The van der Waals surface area contributed by atoms with Crippen LogP contribution in [0, 0.1) is 6.92 Å². The number of carbonyl (C=O) groups is 1. The summed E-state index contributed by atoms with van der Waals surface area (Å²) in [6, 6.07) is 0. The minimum Gasteiger partial charge on any atom is -0.340 e. The lowest BCUT2D eigenvalue weighted by Gasteiger charge is -2.18. The van der Waals surface area contributed by atoms with Crippen LogP contribution in [0.25, 0.3) is 0 Å². The van der Waals surface area contributed by atoms with Crippen LogP contribution in [-0.2, 0) is 26.3 Å². The summed E-state index contributed by atoms with van der Waals surface area (Å²) in [5, 5.41) is 4.54. The fourth-order valence-electron chi connectivity index (χ4n) is 3.07. The first-order valence-corrected chi connectivity index (χ1v) is 8.65. The van der Waals surface area contributed by atoms with Gasteiger partial charge in [-0.15, -0.1) is 11.3 Å². The van der Waals surface area contributed by atoms with Crippen LogP contribution in [0.4, 0.5) is 0 Å². The zero-order valence-corrected chi connectivity index (χ0v) is 14.2. The number of fused-ring (bicyclic) bond motifs is 1. The first-order chi connectivity index (χ1) is 10.6. The zero-order chi connectivity index (χ0) is 15.7. The molecule has 0 spiro atoms. The van der Waals surface area contributed by atoms with Crippen molar-refractivity contribution in [1.82, 2.24) is 19.7 Å². The Hall–Kier alpha value is -1.69. The molecule has 22 heavy (non-hydrogen) atoms. The fourth-order valence-corrected chi connectivity index (χ4v) is 3.84. The van der Waals surface area contributed by atoms with Crippen molar-refractivity contribution < 1.29 is 4.79 Å². The van der Waals surface area contributed by atoms with Crippen LogP contribution in [0.15, 0.2) is 5.51 Å². The number of carbonyl (C=O) groups excluding carboxylic acids is 1. The van der Waals surface area contributed by atoms with E-state index in [2.05, 4.69) is 10.1 Å². The van der Waals surface area contributed by atoms with Crippen molar-refractivity contribution in [3.8, 4) is 0 Å². The van der Waals surface area contributed by atoms with Crippen molar-refractivity contribution in [1.29, 1.82) is 0 Å². The summed E-state index contributed by atoms with van der Waals surface area (Å²) in [6.45, 7) is 2.73. The number of amides is 1. The molecular weight excluding hydrogens is 296 g/mol. The second kappa shape index (κ2) is 6.20. The number of aryl methyl sites for hydroxylation is 3. The molecule has 0 aliphatic heterocycles. The van der Waals surface area contributed by atoms with Gasteiger partial charge in [0.05, 0.1) is 16.9 Å². The molecule has 1 aliphatic carbocycles. The molecule has 3 rings (SSSR count). The molecule has 2 heterocycles. The van der Waals surface area contributed by atoms with E-state index in [0.29, 0.717) is 6.54 Å². The van der Waals surface area contributed by atoms with Crippen LogP contribution in [0.3, 0.4) is 0 Å². The summed E-state index contributed by atoms with van der Waals surface area (Å²) in [7, 11) is 3.76. The molecule has 2 aromatic heterocycles. The first-order valence-electron chi connectivity index (χ1n) is 7.77. The maximum atomic E-state index is 12.8. The van der Waals surface area contributed by atoms with Crippen LogP contribution in [-0.4, -0.2) is 39.2 Å². The lowest BCUT2D eigenvalue weighted by Crippen LogP contribution is -2.31. The maximum Gasteiger partial charge on any atom is 0.272 e. The first kappa shape index (κ1) is 15.2. The zero-order valence-electron chi connectivity index (χ0n) is 13.4. The van der Waals surface area contributed by atoms with E-state index in [0.717, 1.165) is 42.8 Å². The Kier molecular flexibility index (Phi) is 4.29. The Bertz CT molecular complexity index is 688. The Labute approximate surface area is 135 Å². The average Bonchev–Trinajstić information content (AvgIpc) is 3.06. The topological polar surface area (TPSA) is 51.0 Å². The van der Waals surface area contributed by atoms with Gasteiger partial charge in [0.2, 0.25) is 0 Å². The standard InChI is InChI=1S/C16H22N4OS/c1-11-14(22-10-17-11)8-9-19(2)16(21)15-12-6-4-5-7-13(12)18-20(15)3/h10H,4-9H2,1-3H3. The molecule has 118 valence electrons. The molecule has 0 fully saturated rings. The fraction of sp³-hybridized carbons (Fsp3) is 0.562. The smallest absolute Gasteiger partial charge is 0.272 e. The van der Waals surface area contributed by atoms with Crippen molar-refractivity contribution in [2.75, 3.05) is 13.6 Å². The van der Waals surface area contributed by atoms with Crippen LogP contribution < -0.4 is 0 Å². The van der Waals surface area contributed by atoms with Gasteiger partial charge in [0.15, 0.2) is 0 Å². The van der Waals surface area contributed by atoms with Crippen LogP contribution >= 0.6 is 11.3 Å². The van der Waals surface area contributed by atoms with E-state index in [1.54, 1.807) is 16.0 Å². The highest BCUT2D eigenvalue weighted by molar-refractivity contribution is 7.09. The van der Waals surface area contributed by atoms with Gasteiger partial charge in [-0.2, -0.15) is 5.10 Å². The van der Waals surface area contributed by atoms with Crippen molar-refractivity contribution >= 4 is 17.2 Å². The third kappa shape index (κ3) is 2.79. The Morgan fingerprint density at radius 2 is 2.18 bits per heavy atom. The summed E-state index contributed by atoms with van der Waals surface area (Å²) in [5.74, 6) is 0.0836. The lowest BCUT2D eigenvalue weighted by atomic mass is 9.95. The maximum absolute atomic E-state index is 12.8. The van der Waals surface area contributed by atoms with E-state index in [-0.39, 0.29) is 5.91 Å². The highest BCUT2D eigenvalue weighted by Crippen LogP contribution is 2.24. The van der Waals surface area contributed by atoms with E-state index < -0.39 is 0 Å². The van der Waals surface area contributed by atoms with Gasteiger partial charge in [-0.25, -0.2) is 4.98 Å². The van der Waals surface area contributed by atoms with Crippen LogP contribution in [0.1, 0.15) is 45.2 Å². The molecular formula is C16H22N4OS. The third-order valence-electron chi connectivity index (χ3n) is 4.39. The summed E-state index contributed by atoms with van der Waals surface area (Å²) in [4.78, 5) is 20.1. The number of nitrogens with zero attached hydrogens (tertiary/aromatic N) is 4. The van der Waals surface area contributed by atoms with E-state index in [4.69, 9.17) is 0 Å². The second-order valence-electron chi connectivity index (χ2n) is 5.94. The van der Waals surface area contributed by atoms with Crippen molar-refractivity contribution in [3.05, 3.63) is 33.0 Å². The summed E-state index contributed by atoms with van der Waals surface area (Å²) in [5.41, 5.74) is 6.00.